The van der Waals surface area contributed by atoms with Crippen molar-refractivity contribution in [3.8, 4) is 0 Å². The fourth-order valence-corrected chi connectivity index (χ4v) is 1.95. The molecule has 1 amide bonds. The van der Waals surface area contributed by atoms with Crippen LogP contribution in [0, 0.1) is 0 Å². The topological polar surface area (TPSA) is 58.8 Å². The van der Waals surface area contributed by atoms with Crippen LogP contribution in [0.1, 0.15) is 27.7 Å². The molecule has 5 nitrogen and oxygen atoms in total. The Kier molecular flexibility index (Phi) is 4.92. The van der Waals surface area contributed by atoms with Gasteiger partial charge in [0, 0.05) is 26.2 Å². The van der Waals surface area contributed by atoms with E-state index in [0.29, 0.717) is 18.1 Å². The fourth-order valence-electron chi connectivity index (χ4n) is 1.80. The van der Waals surface area contributed by atoms with E-state index in [1.807, 2.05) is 27.7 Å². The molecule has 1 unspecified atom stereocenters. The number of hydrogen-bond donors (Lipinski definition) is 1. The first-order valence-corrected chi connectivity index (χ1v) is 6.63. The molecule has 1 saturated heterocycles. The monoisotopic (exact) mass is 273 g/mol. The third kappa shape index (κ3) is 4.42. The molecule has 0 radical (unpaired) electrons. The molecule has 0 saturated carbocycles. The van der Waals surface area contributed by atoms with Gasteiger partial charge in [0.2, 0.25) is 0 Å². The van der Waals surface area contributed by atoms with Crippen LogP contribution in [0.4, 0.5) is 4.79 Å². The van der Waals surface area contributed by atoms with Crippen LogP contribution < -0.4 is 5.73 Å². The minimum atomic E-state index is -0.444. The lowest BCUT2D eigenvalue weighted by Gasteiger charge is -2.38. The lowest BCUT2D eigenvalue weighted by molar-refractivity contribution is 0.0134. The van der Waals surface area contributed by atoms with Crippen molar-refractivity contribution < 1.29 is 9.53 Å². The quantitative estimate of drug-likeness (QED) is 0.767. The van der Waals surface area contributed by atoms with Crippen molar-refractivity contribution in [2.24, 2.45) is 5.73 Å². The summed E-state index contributed by atoms with van der Waals surface area (Å²) in [5, 5.41) is 0. The van der Waals surface area contributed by atoms with Crippen molar-refractivity contribution in [3.05, 3.63) is 0 Å². The zero-order valence-electron chi connectivity index (χ0n) is 11.6. The van der Waals surface area contributed by atoms with Gasteiger partial charge in [-0.15, -0.1) is 0 Å². The molecule has 1 atom stereocenters. The molecule has 0 aliphatic carbocycles. The first-order chi connectivity index (χ1) is 8.20. The van der Waals surface area contributed by atoms with Crippen molar-refractivity contribution >= 4 is 23.3 Å². The highest BCUT2D eigenvalue weighted by Gasteiger charge is 2.27. The normalized spacial score (nSPS) is 19.4. The van der Waals surface area contributed by atoms with Crippen LogP contribution in [-0.4, -0.2) is 58.7 Å². The second kappa shape index (κ2) is 5.84. The minimum absolute atomic E-state index is 0.0841. The highest BCUT2D eigenvalue weighted by Crippen LogP contribution is 2.13. The number of carbonyl (C=O) groups excluding carboxylic acids is 1. The van der Waals surface area contributed by atoms with Crippen molar-refractivity contribution in [1.82, 2.24) is 9.80 Å². The summed E-state index contributed by atoms with van der Waals surface area (Å²) in [6, 6.07) is 0.0841. The van der Waals surface area contributed by atoms with E-state index < -0.39 is 5.60 Å². The van der Waals surface area contributed by atoms with Crippen LogP contribution in [0.15, 0.2) is 0 Å². The molecule has 2 N–H and O–H groups in total. The van der Waals surface area contributed by atoms with Gasteiger partial charge in [0.1, 0.15) is 5.60 Å². The van der Waals surface area contributed by atoms with Gasteiger partial charge in [-0.3, -0.25) is 4.90 Å². The predicted molar refractivity (Wildman–Crippen MR) is 75.6 cm³/mol. The van der Waals surface area contributed by atoms with Gasteiger partial charge in [-0.1, -0.05) is 12.2 Å². The average Bonchev–Trinajstić information content (AvgIpc) is 2.26. The van der Waals surface area contributed by atoms with Crippen molar-refractivity contribution in [1.29, 1.82) is 0 Å². The maximum atomic E-state index is 11.9. The van der Waals surface area contributed by atoms with Gasteiger partial charge in [0.25, 0.3) is 0 Å². The summed E-state index contributed by atoms with van der Waals surface area (Å²) >= 11 is 4.98. The van der Waals surface area contributed by atoms with E-state index in [0.717, 1.165) is 13.1 Å². The number of amides is 1. The molecule has 1 aliphatic rings. The Bertz CT molecular complexity index is 320. The van der Waals surface area contributed by atoms with E-state index in [4.69, 9.17) is 22.7 Å². The predicted octanol–water partition coefficient (Wildman–Crippen LogP) is 1.21. The molecule has 1 heterocycles. The summed E-state index contributed by atoms with van der Waals surface area (Å²) in [5.41, 5.74) is 5.18. The van der Waals surface area contributed by atoms with E-state index in [9.17, 15) is 4.79 Å². The Morgan fingerprint density at radius 3 is 2.17 bits per heavy atom. The third-order valence-electron chi connectivity index (χ3n) is 2.93. The van der Waals surface area contributed by atoms with Crippen molar-refractivity contribution in [2.75, 3.05) is 26.2 Å². The minimum Gasteiger partial charge on any atom is -0.444 e. The Balaban J connectivity index is 2.44. The van der Waals surface area contributed by atoms with E-state index >= 15 is 0 Å². The molecule has 6 heteroatoms. The van der Waals surface area contributed by atoms with E-state index in [1.54, 1.807) is 4.90 Å². The molecule has 0 aromatic carbocycles. The number of nitrogens with zero attached hydrogens (tertiary/aromatic N) is 2. The SMILES string of the molecule is CC(C(N)=S)N1CCN(C(=O)OC(C)(C)C)CC1. The molecular formula is C12H23N3O2S. The van der Waals surface area contributed by atoms with Crippen molar-refractivity contribution in [2.45, 2.75) is 39.3 Å². The van der Waals surface area contributed by atoms with Crippen LogP contribution in [0.3, 0.4) is 0 Å². The number of rotatable bonds is 2. The van der Waals surface area contributed by atoms with Gasteiger partial charge in [-0.2, -0.15) is 0 Å². The van der Waals surface area contributed by atoms with Gasteiger partial charge >= 0.3 is 6.09 Å². The lowest BCUT2D eigenvalue weighted by atomic mass is 10.2. The molecule has 18 heavy (non-hydrogen) atoms. The van der Waals surface area contributed by atoms with Gasteiger partial charge in [-0.25, -0.2) is 4.79 Å². The van der Waals surface area contributed by atoms with E-state index in [2.05, 4.69) is 4.90 Å². The zero-order chi connectivity index (χ0) is 13.9. The molecule has 1 aliphatic heterocycles. The summed E-state index contributed by atoms with van der Waals surface area (Å²) in [6.45, 7) is 10.5. The Morgan fingerprint density at radius 1 is 1.28 bits per heavy atom. The van der Waals surface area contributed by atoms with Crippen LogP contribution in [0.5, 0.6) is 0 Å². The molecule has 1 rings (SSSR count). The lowest BCUT2D eigenvalue weighted by Crippen LogP contribution is -2.54. The van der Waals surface area contributed by atoms with Gasteiger partial charge in [0.05, 0.1) is 11.0 Å². The molecule has 0 aromatic heterocycles. The van der Waals surface area contributed by atoms with Gasteiger partial charge < -0.3 is 15.4 Å². The first kappa shape index (κ1) is 15.2. The van der Waals surface area contributed by atoms with E-state index in [-0.39, 0.29) is 12.1 Å². The summed E-state index contributed by atoms with van der Waals surface area (Å²) in [6.07, 6.45) is -0.245. The average molecular weight is 273 g/mol. The second-order valence-corrected chi connectivity index (χ2v) is 6.05. The second-order valence-electron chi connectivity index (χ2n) is 5.58. The van der Waals surface area contributed by atoms with Crippen molar-refractivity contribution in [3.63, 3.8) is 0 Å². The first-order valence-electron chi connectivity index (χ1n) is 6.22. The van der Waals surface area contributed by atoms with Gasteiger partial charge in [-0.05, 0) is 27.7 Å². The Morgan fingerprint density at radius 2 is 1.78 bits per heavy atom. The molecule has 0 aromatic rings. The molecule has 1 fully saturated rings. The highest BCUT2D eigenvalue weighted by atomic mass is 32.1. The summed E-state index contributed by atoms with van der Waals surface area (Å²) in [7, 11) is 0. The number of nitrogens with two attached hydrogens (primary N) is 1. The number of piperazine rings is 1. The highest BCUT2D eigenvalue weighted by molar-refractivity contribution is 7.80. The molecule has 0 bridgehead atoms. The van der Waals surface area contributed by atoms with Crippen LogP contribution in [0.25, 0.3) is 0 Å². The number of thiocarbonyl (C=S) groups is 1. The molecule has 0 spiro atoms. The largest absolute Gasteiger partial charge is 0.444 e. The molecule has 104 valence electrons. The fraction of sp³-hybridized carbons (Fsp3) is 0.833. The summed E-state index contributed by atoms with van der Waals surface area (Å²) < 4.78 is 5.34. The summed E-state index contributed by atoms with van der Waals surface area (Å²) in [5.74, 6) is 0. The Hall–Kier alpha value is -0.880. The number of hydrogen-bond acceptors (Lipinski definition) is 4. The third-order valence-corrected chi connectivity index (χ3v) is 3.27. The summed E-state index contributed by atoms with van der Waals surface area (Å²) in [4.78, 5) is 16.3. The Labute approximate surface area is 114 Å². The number of ether oxygens (including phenoxy) is 1. The molecular weight excluding hydrogens is 250 g/mol. The zero-order valence-corrected chi connectivity index (χ0v) is 12.4. The van der Waals surface area contributed by atoms with E-state index in [1.165, 1.54) is 0 Å². The number of carbonyl (C=O) groups is 1. The van der Waals surface area contributed by atoms with Crippen LogP contribution >= 0.6 is 12.2 Å². The van der Waals surface area contributed by atoms with Crippen LogP contribution in [0.2, 0.25) is 0 Å². The standard InChI is InChI=1S/C12H23N3O2S/c1-9(10(13)18)14-5-7-15(8-6-14)11(16)17-12(2,3)4/h9H,5-8H2,1-4H3,(H2,13,18). The maximum Gasteiger partial charge on any atom is 0.410 e. The van der Waals surface area contributed by atoms with Crippen LogP contribution in [-0.2, 0) is 4.74 Å². The smallest absolute Gasteiger partial charge is 0.410 e. The van der Waals surface area contributed by atoms with Gasteiger partial charge in [0.15, 0.2) is 0 Å². The maximum absolute atomic E-state index is 11.9.